The van der Waals surface area contributed by atoms with Crippen molar-refractivity contribution in [3.8, 4) is 22.3 Å². The van der Waals surface area contributed by atoms with Crippen LogP contribution in [-0.4, -0.2) is 0 Å². The number of para-hydroxylation sites is 2. The van der Waals surface area contributed by atoms with E-state index in [4.69, 9.17) is 0 Å². The van der Waals surface area contributed by atoms with E-state index in [1.165, 1.54) is 67.3 Å². The Morgan fingerprint density at radius 2 is 0.618 bits per heavy atom. The molecule has 2 nitrogen and oxygen atoms in total. The first-order valence-corrected chi connectivity index (χ1v) is 19.5. The lowest BCUT2D eigenvalue weighted by Gasteiger charge is -2.37. The van der Waals surface area contributed by atoms with E-state index in [9.17, 15) is 0 Å². The van der Waals surface area contributed by atoms with E-state index in [0.29, 0.717) is 0 Å². The molecule has 0 unspecified atom stereocenters. The van der Waals surface area contributed by atoms with Gasteiger partial charge in [-0.1, -0.05) is 146 Å². The maximum absolute atomic E-state index is 2.52. The molecule has 1 spiro atoms. The minimum atomic E-state index is -0.133. The Hall–Kier alpha value is -6.64. The highest BCUT2D eigenvalue weighted by Gasteiger charge is 2.49. The molecular weight excluding hydrogens is 665 g/mol. The predicted molar refractivity (Wildman–Crippen MR) is 231 cm³/mol. The van der Waals surface area contributed by atoms with Crippen LogP contribution in [0.2, 0.25) is 0 Å². The first kappa shape index (κ1) is 33.0. The van der Waals surface area contributed by atoms with Gasteiger partial charge in [0.25, 0.3) is 0 Å². The molecule has 264 valence electrons. The lowest BCUT2D eigenvalue weighted by Crippen LogP contribution is -2.27. The molecule has 0 fully saturated rings. The molecule has 1 atom stereocenters. The molecule has 10 rings (SSSR count). The maximum Gasteiger partial charge on any atom is 0.0505 e. The largest absolute Gasteiger partial charge is 0.310 e. The van der Waals surface area contributed by atoms with E-state index < -0.39 is 0 Å². The van der Waals surface area contributed by atoms with Gasteiger partial charge in [-0.3, -0.25) is 0 Å². The van der Waals surface area contributed by atoms with E-state index in [1.54, 1.807) is 0 Å². The van der Waals surface area contributed by atoms with Crippen molar-refractivity contribution in [2.24, 2.45) is 0 Å². The van der Waals surface area contributed by atoms with Crippen molar-refractivity contribution >= 4 is 34.1 Å². The topological polar surface area (TPSA) is 6.48 Å². The van der Waals surface area contributed by atoms with Crippen LogP contribution < -0.4 is 9.80 Å². The van der Waals surface area contributed by atoms with Gasteiger partial charge in [-0.25, -0.2) is 0 Å². The van der Waals surface area contributed by atoms with Gasteiger partial charge in [0, 0.05) is 28.2 Å². The van der Waals surface area contributed by atoms with Gasteiger partial charge in [-0.2, -0.15) is 0 Å². The monoisotopic (exact) mass is 706 g/mol. The zero-order valence-electron chi connectivity index (χ0n) is 30.9. The van der Waals surface area contributed by atoms with E-state index >= 15 is 0 Å². The van der Waals surface area contributed by atoms with Crippen molar-refractivity contribution < 1.29 is 0 Å². The van der Waals surface area contributed by atoms with Crippen LogP contribution in [0.15, 0.2) is 206 Å². The third kappa shape index (κ3) is 5.82. The second-order valence-corrected chi connectivity index (χ2v) is 14.9. The Morgan fingerprint density at radius 1 is 0.291 bits per heavy atom. The highest BCUT2D eigenvalue weighted by Crippen LogP contribution is 2.59. The predicted octanol–water partition coefficient (Wildman–Crippen LogP) is 14.1. The summed E-state index contributed by atoms with van der Waals surface area (Å²) in [6.07, 6.45) is 4.30. The number of hydrogen-bond acceptors (Lipinski definition) is 2. The summed E-state index contributed by atoms with van der Waals surface area (Å²) in [5.41, 5.74) is 17.8. The summed E-state index contributed by atoms with van der Waals surface area (Å²) in [6, 6.07) is 75.5. The van der Waals surface area contributed by atoms with Crippen LogP contribution in [0.3, 0.4) is 0 Å². The van der Waals surface area contributed by atoms with Gasteiger partial charge in [0.2, 0.25) is 0 Å². The fourth-order valence-electron chi connectivity index (χ4n) is 9.39. The minimum absolute atomic E-state index is 0.133. The van der Waals surface area contributed by atoms with E-state index in [2.05, 4.69) is 216 Å². The molecule has 0 bridgehead atoms. The smallest absolute Gasteiger partial charge is 0.0505 e. The van der Waals surface area contributed by atoms with Crippen LogP contribution in [0.25, 0.3) is 22.3 Å². The molecule has 8 aromatic rings. The summed E-state index contributed by atoms with van der Waals surface area (Å²) in [5, 5.41) is 0. The van der Waals surface area contributed by atoms with Crippen LogP contribution in [-0.2, 0) is 18.3 Å². The molecule has 2 heteroatoms. The van der Waals surface area contributed by atoms with Crippen molar-refractivity contribution in [2.45, 2.75) is 31.1 Å². The lowest BCUT2D eigenvalue weighted by molar-refractivity contribution is 0.508. The molecule has 0 amide bonds. The van der Waals surface area contributed by atoms with Crippen LogP contribution in [0.1, 0.15) is 35.1 Å². The quantitative estimate of drug-likeness (QED) is 0.155. The normalized spacial score (nSPS) is 15.4. The zero-order valence-corrected chi connectivity index (χ0v) is 30.9. The highest BCUT2D eigenvalue weighted by atomic mass is 15.2. The number of hydrogen-bond donors (Lipinski definition) is 0. The average Bonchev–Trinajstić information content (AvgIpc) is 3.84. The SMILES string of the molecule is c1ccc(-c2ccc(N(c3ccc(-c4ccccc4)cc3)c3cccc4c3[C@]3(CCc5cccc(N(c6ccccc6)c6ccccc6)c53)CC4)cc2)cc1. The van der Waals surface area contributed by atoms with Crippen molar-refractivity contribution in [3.05, 3.63) is 229 Å². The Labute approximate surface area is 324 Å². The van der Waals surface area contributed by atoms with Crippen LogP contribution in [0, 0.1) is 0 Å². The van der Waals surface area contributed by atoms with E-state index in [0.717, 1.165) is 37.1 Å². The fraction of sp³-hybridized carbons (Fsp3) is 0.0943. The Balaban J connectivity index is 1.16. The summed E-state index contributed by atoms with van der Waals surface area (Å²) in [6.45, 7) is 0. The van der Waals surface area contributed by atoms with Gasteiger partial charge >= 0.3 is 0 Å². The number of fused-ring (bicyclic) bond motifs is 4. The number of anilines is 6. The van der Waals surface area contributed by atoms with Crippen molar-refractivity contribution in [2.75, 3.05) is 9.80 Å². The fourth-order valence-corrected chi connectivity index (χ4v) is 9.39. The molecule has 2 aliphatic carbocycles. The van der Waals surface area contributed by atoms with Crippen LogP contribution in [0.5, 0.6) is 0 Å². The molecule has 0 N–H and O–H groups in total. The lowest BCUT2D eigenvalue weighted by atomic mass is 9.74. The second kappa shape index (κ2) is 14.0. The van der Waals surface area contributed by atoms with E-state index in [1.807, 2.05) is 0 Å². The van der Waals surface area contributed by atoms with Crippen molar-refractivity contribution in [1.29, 1.82) is 0 Å². The summed E-state index contributed by atoms with van der Waals surface area (Å²) >= 11 is 0. The summed E-state index contributed by atoms with van der Waals surface area (Å²) in [4.78, 5) is 5.00. The van der Waals surface area contributed by atoms with Gasteiger partial charge in [0.15, 0.2) is 0 Å². The third-order valence-corrected chi connectivity index (χ3v) is 11.8. The Kier molecular flexibility index (Phi) is 8.37. The molecule has 0 saturated carbocycles. The molecule has 0 aliphatic heterocycles. The van der Waals surface area contributed by atoms with Gasteiger partial charge in [-0.05, 0) is 131 Å². The molecular formula is C53H42N2. The molecule has 0 radical (unpaired) electrons. The average molecular weight is 707 g/mol. The number of nitrogens with zero attached hydrogens (tertiary/aromatic N) is 2. The zero-order chi connectivity index (χ0) is 36.6. The van der Waals surface area contributed by atoms with Gasteiger partial charge in [0.1, 0.15) is 0 Å². The molecule has 55 heavy (non-hydrogen) atoms. The van der Waals surface area contributed by atoms with Gasteiger partial charge in [-0.15, -0.1) is 0 Å². The van der Waals surface area contributed by atoms with Crippen LogP contribution in [0.4, 0.5) is 34.1 Å². The number of rotatable bonds is 8. The molecule has 2 aliphatic rings. The first-order chi connectivity index (χ1) is 27.3. The van der Waals surface area contributed by atoms with E-state index in [-0.39, 0.29) is 5.41 Å². The van der Waals surface area contributed by atoms with Crippen molar-refractivity contribution in [3.63, 3.8) is 0 Å². The molecule has 0 saturated heterocycles. The van der Waals surface area contributed by atoms with Gasteiger partial charge < -0.3 is 9.80 Å². The second-order valence-electron chi connectivity index (χ2n) is 14.9. The molecule has 0 heterocycles. The summed E-state index contributed by atoms with van der Waals surface area (Å²) in [7, 11) is 0. The minimum Gasteiger partial charge on any atom is -0.310 e. The third-order valence-electron chi connectivity index (χ3n) is 11.8. The van der Waals surface area contributed by atoms with Crippen LogP contribution >= 0.6 is 0 Å². The summed E-state index contributed by atoms with van der Waals surface area (Å²) < 4.78 is 0. The highest BCUT2D eigenvalue weighted by molar-refractivity contribution is 5.86. The number of aryl methyl sites for hydroxylation is 2. The Bertz CT molecular complexity index is 2440. The van der Waals surface area contributed by atoms with Crippen molar-refractivity contribution in [1.82, 2.24) is 0 Å². The summed E-state index contributed by atoms with van der Waals surface area (Å²) in [5.74, 6) is 0. The Morgan fingerprint density at radius 3 is 1.00 bits per heavy atom. The standard InChI is InChI=1S/C53H42N2/c1-5-15-39(16-6-1)41-27-31-47(32-28-41)55(48-33-29-42(30-34-48)40-17-7-2-8-18-40)50-26-14-20-44-36-38-53(52(44)50)37-35-43-19-13-25-49(51(43)53)54(45-21-9-3-10-22-45)46-23-11-4-12-24-46/h1-34H,35-38H2/t53-/m1/s1. The number of benzene rings is 8. The first-order valence-electron chi connectivity index (χ1n) is 19.5. The van der Waals surface area contributed by atoms with Gasteiger partial charge in [0.05, 0.1) is 11.4 Å². The maximum atomic E-state index is 2.52. The molecule has 8 aromatic carbocycles. The molecule has 0 aromatic heterocycles.